The second kappa shape index (κ2) is 8.47. The number of aryl methyl sites for hydroxylation is 1. The quantitative estimate of drug-likeness (QED) is 0.781. The Labute approximate surface area is 158 Å². The topological polar surface area (TPSA) is 66.5 Å². The molecule has 2 aromatic carbocycles. The lowest BCUT2D eigenvalue weighted by molar-refractivity contribution is -0.120. The first-order valence-electron chi connectivity index (χ1n) is 8.40. The van der Waals surface area contributed by atoms with E-state index < -0.39 is 34.1 Å². The zero-order valence-electron chi connectivity index (χ0n) is 15.4. The lowest BCUT2D eigenvalue weighted by atomic mass is 10.0. The number of carbonyl (C=O) groups is 1. The second-order valence-electron chi connectivity index (χ2n) is 6.30. The minimum absolute atomic E-state index is 0.308. The number of halogens is 2. The van der Waals surface area contributed by atoms with E-state index in [2.05, 4.69) is 5.32 Å². The molecular formula is C19H22F2N2O3S. The largest absolute Gasteiger partial charge is 0.348 e. The summed E-state index contributed by atoms with van der Waals surface area (Å²) < 4.78 is 51.9. The summed E-state index contributed by atoms with van der Waals surface area (Å²) in [7, 11) is -3.95. The highest BCUT2D eigenvalue weighted by Crippen LogP contribution is 2.23. The number of hydrogen-bond donors (Lipinski definition) is 1. The van der Waals surface area contributed by atoms with E-state index in [1.165, 1.54) is 0 Å². The minimum Gasteiger partial charge on any atom is -0.348 e. The van der Waals surface area contributed by atoms with Crippen molar-refractivity contribution in [1.29, 1.82) is 0 Å². The number of sulfonamides is 1. The van der Waals surface area contributed by atoms with Crippen molar-refractivity contribution in [2.45, 2.75) is 26.3 Å². The highest BCUT2D eigenvalue weighted by atomic mass is 32.2. The molecule has 0 saturated carbocycles. The Balaban J connectivity index is 2.22. The van der Waals surface area contributed by atoms with Crippen molar-refractivity contribution in [3.8, 4) is 0 Å². The third-order valence-corrected chi connectivity index (χ3v) is 5.22. The zero-order valence-corrected chi connectivity index (χ0v) is 16.2. The van der Waals surface area contributed by atoms with E-state index in [-0.39, 0.29) is 11.7 Å². The standard InChI is InChI=1S/C19H22F2N2O3S/c1-4-17(14-7-5-13(2)6-8-14)22-19(24)12-23(27(3,25)26)18-10-9-15(20)11-16(18)21/h5-11,17H,4,12H2,1-3H3,(H,22,24)/t17-/m1/s1. The first-order chi connectivity index (χ1) is 12.6. The molecule has 0 unspecified atom stereocenters. The van der Waals surface area contributed by atoms with Gasteiger partial charge < -0.3 is 5.32 Å². The summed E-state index contributed by atoms with van der Waals surface area (Å²) in [6, 6.07) is 9.81. The van der Waals surface area contributed by atoms with E-state index >= 15 is 0 Å². The van der Waals surface area contributed by atoms with Gasteiger partial charge in [-0.15, -0.1) is 0 Å². The van der Waals surface area contributed by atoms with Gasteiger partial charge in [-0.05, 0) is 31.0 Å². The summed E-state index contributed by atoms with van der Waals surface area (Å²) in [6.07, 6.45) is 1.46. The third kappa shape index (κ3) is 5.50. The number of nitrogens with zero attached hydrogens (tertiary/aromatic N) is 1. The monoisotopic (exact) mass is 396 g/mol. The molecule has 0 bridgehead atoms. The molecule has 146 valence electrons. The Morgan fingerprint density at radius 1 is 1.15 bits per heavy atom. The molecule has 2 aromatic rings. The van der Waals surface area contributed by atoms with Gasteiger partial charge in [-0.25, -0.2) is 17.2 Å². The van der Waals surface area contributed by atoms with Gasteiger partial charge in [0.05, 0.1) is 18.0 Å². The first-order valence-corrected chi connectivity index (χ1v) is 10.3. The van der Waals surface area contributed by atoms with Crippen LogP contribution in [-0.4, -0.2) is 27.1 Å². The number of rotatable bonds is 7. The van der Waals surface area contributed by atoms with E-state index in [4.69, 9.17) is 0 Å². The summed E-state index contributed by atoms with van der Waals surface area (Å²) >= 11 is 0. The molecule has 0 spiro atoms. The molecule has 0 saturated heterocycles. The number of hydrogen-bond acceptors (Lipinski definition) is 3. The fourth-order valence-corrected chi connectivity index (χ4v) is 3.51. The van der Waals surface area contributed by atoms with Crippen LogP contribution in [0.2, 0.25) is 0 Å². The second-order valence-corrected chi connectivity index (χ2v) is 8.21. The number of benzene rings is 2. The van der Waals surface area contributed by atoms with Gasteiger partial charge in [-0.2, -0.15) is 0 Å². The Kier molecular flexibility index (Phi) is 6.54. The van der Waals surface area contributed by atoms with E-state index in [1.807, 2.05) is 38.1 Å². The molecule has 0 fully saturated rings. The maximum Gasteiger partial charge on any atom is 0.241 e. The van der Waals surface area contributed by atoms with Crippen LogP contribution < -0.4 is 9.62 Å². The predicted octanol–water partition coefficient (Wildman–Crippen LogP) is 3.31. The fourth-order valence-electron chi connectivity index (χ4n) is 2.65. The number of anilines is 1. The Morgan fingerprint density at radius 2 is 1.78 bits per heavy atom. The van der Waals surface area contributed by atoms with Crippen molar-refractivity contribution in [1.82, 2.24) is 5.32 Å². The summed E-state index contributed by atoms with van der Waals surface area (Å²) in [4.78, 5) is 12.4. The molecule has 1 atom stereocenters. The average Bonchev–Trinajstić information content (AvgIpc) is 2.58. The van der Waals surface area contributed by atoms with E-state index in [9.17, 15) is 22.0 Å². The summed E-state index contributed by atoms with van der Waals surface area (Å²) in [5.41, 5.74) is 1.59. The smallest absolute Gasteiger partial charge is 0.241 e. The maximum atomic E-state index is 14.0. The molecule has 2 rings (SSSR count). The Hall–Kier alpha value is -2.48. The minimum atomic E-state index is -3.95. The van der Waals surface area contributed by atoms with E-state index in [1.54, 1.807) is 0 Å². The van der Waals surface area contributed by atoms with Gasteiger partial charge in [0, 0.05) is 6.07 Å². The van der Waals surface area contributed by atoms with E-state index in [0.717, 1.165) is 29.5 Å². The van der Waals surface area contributed by atoms with Crippen LogP contribution in [0.15, 0.2) is 42.5 Å². The molecule has 1 N–H and O–H groups in total. The van der Waals surface area contributed by atoms with Gasteiger partial charge in [0.1, 0.15) is 18.2 Å². The number of carbonyl (C=O) groups excluding carboxylic acids is 1. The fraction of sp³-hybridized carbons (Fsp3) is 0.316. The van der Waals surface area contributed by atoms with Crippen LogP contribution in [-0.2, 0) is 14.8 Å². The molecule has 0 aliphatic rings. The van der Waals surface area contributed by atoms with E-state index in [0.29, 0.717) is 16.8 Å². The molecule has 5 nitrogen and oxygen atoms in total. The van der Waals surface area contributed by atoms with Gasteiger partial charge in [0.15, 0.2) is 0 Å². The van der Waals surface area contributed by atoms with Crippen molar-refractivity contribution in [2.24, 2.45) is 0 Å². The van der Waals surface area contributed by atoms with Crippen molar-refractivity contribution in [3.63, 3.8) is 0 Å². The van der Waals surface area contributed by atoms with Crippen molar-refractivity contribution < 1.29 is 22.0 Å². The normalized spacial score (nSPS) is 12.5. The van der Waals surface area contributed by atoms with Gasteiger partial charge >= 0.3 is 0 Å². The van der Waals surface area contributed by atoms with Crippen LogP contribution in [0.4, 0.5) is 14.5 Å². The van der Waals surface area contributed by atoms with Crippen molar-refractivity contribution in [2.75, 3.05) is 17.1 Å². The van der Waals surface area contributed by atoms with Gasteiger partial charge in [0.25, 0.3) is 0 Å². The summed E-state index contributed by atoms with van der Waals surface area (Å²) in [5.74, 6) is -2.48. The lowest BCUT2D eigenvalue weighted by Gasteiger charge is -2.24. The molecule has 0 heterocycles. The molecule has 8 heteroatoms. The summed E-state index contributed by atoms with van der Waals surface area (Å²) in [6.45, 7) is 3.23. The average molecular weight is 396 g/mol. The van der Waals surface area contributed by atoms with Gasteiger partial charge in [-0.1, -0.05) is 36.8 Å². The van der Waals surface area contributed by atoms with Crippen molar-refractivity contribution in [3.05, 3.63) is 65.2 Å². The Bertz CT molecular complexity index is 915. The lowest BCUT2D eigenvalue weighted by Crippen LogP contribution is -2.41. The SMILES string of the molecule is CC[C@@H](NC(=O)CN(c1ccc(F)cc1F)S(C)(=O)=O)c1ccc(C)cc1. The van der Waals surface area contributed by atoms with Crippen LogP contribution in [0.3, 0.4) is 0 Å². The molecule has 1 amide bonds. The third-order valence-electron chi connectivity index (χ3n) is 4.09. The highest BCUT2D eigenvalue weighted by Gasteiger charge is 2.25. The van der Waals surface area contributed by atoms with Crippen LogP contribution >= 0.6 is 0 Å². The number of amides is 1. The molecule has 0 radical (unpaired) electrons. The molecular weight excluding hydrogens is 374 g/mol. The number of nitrogens with one attached hydrogen (secondary N) is 1. The molecule has 0 aliphatic carbocycles. The van der Waals surface area contributed by atoms with Gasteiger partial charge in [-0.3, -0.25) is 9.10 Å². The van der Waals surface area contributed by atoms with Crippen LogP contribution in [0.25, 0.3) is 0 Å². The molecule has 0 aliphatic heterocycles. The van der Waals surface area contributed by atoms with Crippen LogP contribution in [0.1, 0.15) is 30.5 Å². The molecule has 27 heavy (non-hydrogen) atoms. The van der Waals surface area contributed by atoms with Crippen molar-refractivity contribution >= 4 is 21.6 Å². The molecule has 0 aromatic heterocycles. The van der Waals surface area contributed by atoms with Gasteiger partial charge in [0.2, 0.25) is 15.9 Å². The Morgan fingerprint density at radius 3 is 2.30 bits per heavy atom. The van der Waals surface area contributed by atoms with Crippen LogP contribution in [0.5, 0.6) is 0 Å². The first kappa shape index (κ1) is 20.8. The predicted molar refractivity (Wildman–Crippen MR) is 101 cm³/mol. The van der Waals surface area contributed by atoms with Crippen LogP contribution in [0, 0.1) is 18.6 Å². The maximum absolute atomic E-state index is 14.0. The highest BCUT2D eigenvalue weighted by molar-refractivity contribution is 7.92. The summed E-state index contributed by atoms with van der Waals surface area (Å²) in [5, 5.41) is 2.76. The zero-order chi connectivity index (χ0) is 20.2.